The summed E-state index contributed by atoms with van der Waals surface area (Å²) in [4.78, 5) is 18.1. The molecular formula is C28H28N2O2. The average molecular weight is 425 g/mol. The Bertz CT molecular complexity index is 1210. The van der Waals surface area contributed by atoms with Crippen LogP contribution in [0.2, 0.25) is 0 Å². The Balaban J connectivity index is 1.77. The van der Waals surface area contributed by atoms with Crippen LogP contribution in [0.15, 0.2) is 85.2 Å². The van der Waals surface area contributed by atoms with Gasteiger partial charge < -0.3 is 9.67 Å². The van der Waals surface area contributed by atoms with E-state index in [9.17, 15) is 9.90 Å². The highest BCUT2D eigenvalue weighted by Crippen LogP contribution is 2.35. The van der Waals surface area contributed by atoms with Gasteiger partial charge in [-0.3, -0.25) is 4.79 Å². The van der Waals surface area contributed by atoms with Gasteiger partial charge >= 0.3 is 0 Å². The number of hydrogen-bond acceptors (Lipinski definition) is 3. The van der Waals surface area contributed by atoms with Crippen molar-refractivity contribution in [3.63, 3.8) is 0 Å². The number of carbonyl (C=O) groups excluding carboxylic acids is 1. The predicted octanol–water partition coefficient (Wildman–Crippen LogP) is 6.35. The molecule has 0 radical (unpaired) electrons. The number of carbonyl (C=O) groups is 1. The summed E-state index contributed by atoms with van der Waals surface area (Å²) in [5, 5.41) is 10.7. The van der Waals surface area contributed by atoms with Crippen molar-refractivity contribution in [1.82, 2.24) is 9.55 Å². The highest BCUT2D eigenvalue weighted by atomic mass is 16.3. The van der Waals surface area contributed by atoms with Crippen molar-refractivity contribution in [1.29, 1.82) is 0 Å². The highest BCUT2D eigenvalue weighted by molar-refractivity contribution is 5.98. The number of aromatic nitrogens is 2. The number of aryl methyl sites for hydroxylation is 1. The minimum atomic E-state index is -0.372. The Morgan fingerprint density at radius 3 is 2.31 bits per heavy atom. The summed E-state index contributed by atoms with van der Waals surface area (Å²) >= 11 is 0. The second-order valence-corrected chi connectivity index (χ2v) is 8.46. The van der Waals surface area contributed by atoms with Gasteiger partial charge in [0.2, 0.25) is 5.78 Å². The Hall–Kier alpha value is -3.66. The summed E-state index contributed by atoms with van der Waals surface area (Å²) in [5.74, 6) is 0.385. The molecule has 1 aromatic heterocycles. The Labute approximate surface area is 189 Å². The van der Waals surface area contributed by atoms with Gasteiger partial charge in [0.15, 0.2) is 5.82 Å². The van der Waals surface area contributed by atoms with Crippen molar-refractivity contribution in [2.75, 3.05) is 0 Å². The number of hydrogen-bond donors (Lipinski definition) is 1. The van der Waals surface area contributed by atoms with Crippen LogP contribution in [-0.2, 0) is 6.42 Å². The number of Topliss-reactive ketones (excluding diaryl/α,β-unsaturated/α-hetero) is 1. The Kier molecular flexibility index (Phi) is 6.22. The zero-order valence-corrected chi connectivity index (χ0v) is 18.7. The Morgan fingerprint density at radius 1 is 1.00 bits per heavy atom. The monoisotopic (exact) mass is 424 g/mol. The Morgan fingerprint density at radius 2 is 1.66 bits per heavy atom. The van der Waals surface area contributed by atoms with Crippen molar-refractivity contribution in [3.05, 3.63) is 108 Å². The highest BCUT2D eigenvalue weighted by Gasteiger charge is 2.27. The van der Waals surface area contributed by atoms with E-state index in [4.69, 9.17) is 0 Å². The molecule has 162 valence electrons. The summed E-state index contributed by atoms with van der Waals surface area (Å²) in [7, 11) is 0. The lowest BCUT2D eigenvalue weighted by molar-refractivity contribution is 0.0942. The third kappa shape index (κ3) is 4.35. The van der Waals surface area contributed by atoms with Gasteiger partial charge in [0.1, 0.15) is 5.75 Å². The molecule has 1 N–H and O–H groups in total. The average Bonchev–Trinajstić information content (AvgIpc) is 3.31. The molecule has 0 saturated heterocycles. The number of phenols is 1. The van der Waals surface area contributed by atoms with Crippen molar-refractivity contribution in [2.24, 2.45) is 0 Å². The molecule has 1 heterocycles. The first kappa shape index (κ1) is 21.6. The molecule has 32 heavy (non-hydrogen) atoms. The van der Waals surface area contributed by atoms with E-state index in [1.807, 2.05) is 104 Å². The molecule has 4 heteroatoms. The predicted molar refractivity (Wildman–Crippen MR) is 128 cm³/mol. The van der Waals surface area contributed by atoms with E-state index in [1.54, 1.807) is 6.20 Å². The molecule has 0 bridgehead atoms. The summed E-state index contributed by atoms with van der Waals surface area (Å²) in [5.41, 5.74) is 4.49. The summed E-state index contributed by atoms with van der Waals surface area (Å²) in [6.07, 6.45) is 4.07. The van der Waals surface area contributed by atoms with Gasteiger partial charge in [-0.2, -0.15) is 0 Å². The standard InChI is InChI=1S/C28H28N2O2/c1-19(2)30-15-14-29-28(30)27(32)25(23-12-8-5-9-13-23)18-21-16-20(3)26(31)24(17-21)22-10-6-4-7-11-22/h4-17,19,25,31H,18H2,1-3H3/t25-/m0/s1. The number of nitrogens with zero attached hydrogens (tertiary/aromatic N) is 2. The van der Waals surface area contributed by atoms with Crippen LogP contribution in [0.4, 0.5) is 0 Å². The van der Waals surface area contributed by atoms with Crippen LogP contribution in [0.25, 0.3) is 11.1 Å². The molecule has 4 aromatic rings. The number of benzene rings is 3. The fourth-order valence-electron chi connectivity index (χ4n) is 4.17. The van der Waals surface area contributed by atoms with Gasteiger partial charge in [-0.15, -0.1) is 0 Å². The zero-order valence-electron chi connectivity index (χ0n) is 18.7. The normalized spacial score (nSPS) is 12.1. The molecule has 4 nitrogen and oxygen atoms in total. The molecule has 0 unspecified atom stereocenters. The van der Waals surface area contributed by atoms with Crippen LogP contribution in [0.1, 0.15) is 53.1 Å². The summed E-state index contributed by atoms with van der Waals surface area (Å²) in [6.45, 7) is 5.99. The third-order valence-electron chi connectivity index (χ3n) is 5.85. The van der Waals surface area contributed by atoms with Crippen LogP contribution in [0.3, 0.4) is 0 Å². The van der Waals surface area contributed by atoms with Crippen molar-refractivity contribution < 1.29 is 9.90 Å². The molecule has 4 rings (SSSR count). The number of rotatable bonds is 7. The molecule has 0 amide bonds. The summed E-state index contributed by atoms with van der Waals surface area (Å²) in [6, 6.07) is 23.8. The summed E-state index contributed by atoms with van der Waals surface area (Å²) < 4.78 is 1.93. The van der Waals surface area contributed by atoms with E-state index in [0.717, 1.165) is 27.8 Å². The molecule has 0 spiro atoms. The lowest BCUT2D eigenvalue weighted by Gasteiger charge is -2.19. The first-order valence-electron chi connectivity index (χ1n) is 11.0. The minimum absolute atomic E-state index is 0.00175. The van der Waals surface area contributed by atoms with Crippen molar-refractivity contribution in [2.45, 2.75) is 39.2 Å². The molecule has 0 saturated carbocycles. The van der Waals surface area contributed by atoms with Gasteiger partial charge in [-0.25, -0.2) is 4.98 Å². The number of ketones is 1. The van der Waals surface area contributed by atoms with E-state index in [2.05, 4.69) is 4.98 Å². The third-order valence-corrected chi connectivity index (χ3v) is 5.85. The number of aromatic hydroxyl groups is 1. The second kappa shape index (κ2) is 9.23. The van der Waals surface area contributed by atoms with Crippen LogP contribution < -0.4 is 0 Å². The van der Waals surface area contributed by atoms with Crippen molar-refractivity contribution in [3.8, 4) is 16.9 Å². The van der Waals surface area contributed by atoms with Crippen LogP contribution >= 0.6 is 0 Å². The van der Waals surface area contributed by atoms with Gasteiger partial charge in [-0.05, 0) is 55.5 Å². The first-order valence-corrected chi connectivity index (χ1v) is 11.0. The minimum Gasteiger partial charge on any atom is -0.507 e. The SMILES string of the molecule is Cc1cc(C[C@H](C(=O)c2nccn2C(C)C)c2ccccc2)cc(-c2ccccc2)c1O. The fraction of sp³-hybridized carbons (Fsp3) is 0.214. The molecular weight excluding hydrogens is 396 g/mol. The second-order valence-electron chi connectivity index (χ2n) is 8.46. The molecule has 3 aromatic carbocycles. The maximum Gasteiger partial charge on any atom is 0.206 e. The molecule has 0 aliphatic carbocycles. The molecule has 0 aliphatic heterocycles. The van der Waals surface area contributed by atoms with E-state index in [1.165, 1.54) is 0 Å². The van der Waals surface area contributed by atoms with E-state index in [0.29, 0.717) is 12.2 Å². The van der Waals surface area contributed by atoms with E-state index < -0.39 is 0 Å². The molecule has 1 atom stereocenters. The maximum atomic E-state index is 13.7. The lowest BCUT2D eigenvalue weighted by atomic mass is 9.86. The quantitative estimate of drug-likeness (QED) is 0.352. The van der Waals surface area contributed by atoms with Crippen LogP contribution in [0, 0.1) is 6.92 Å². The smallest absolute Gasteiger partial charge is 0.206 e. The molecule has 0 aliphatic rings. The first-order chi connectivity index (χ1) is 15.5. The van der Waals surface area contributed by atoms with E-state index in [-0.39, 0.29) is 23.5 Å². The number of phenolic OH excluding ortho intramolecular Hbond substituents is 1. The zero-order chi connectivity index (χ0) is 22.7. The van der Waals surface area contributed by atoms with E-state index >= 15 is 0 Å². The van der Waals surface area contributed by atoms with Gasteiger partial charge in [-0.1, -0.05) is 66.7 Å². The lowest BCUT2D eigenvalue weighted by Crippen LogP contribution is -2.21. The van der Waals surface area contributed by atoms with Gasteiger partial charge in [0.25, 0.3) is 0 Å². The largest absolute Gasteiger partial charge is 0.507 e. The topological polar surface area (TPSA) is 55.1 Å². The molecule has 0 fully saturated rings. The van der Waals surface area contributed by atoms with Crippen molar-refractivity contribution >= 4 is 5.78 Å². The van der Waals surface area contributed by atoms with Gasteiger partial charge in [0, 0.05) is 24.0 Å². The van der Waals surface area contributed by atoms with Crippen LogP contribution in [-0.4, -0.2) is 20.4 Å². The number of imidazole rings is 1. The maximum absolute atomic E-state index is 13.7. The van der Waals surface area contributed by atoms with Crippen LogP contribution in [0.5, 0.6) is 5.75 Å². The van der Waals surface area contributed by atoms with Gasteiger partial charge in [0.05, 0.1) is 5.92 Å². The fourth-order valence-corrected chi connectivity index (χ4v) is 4.17.